The van der Waals surface area contributed by atoms with E-state index >= 15 is 0 Å². The lowest BCUT2D eigenvalue weighted by molar-refractivity contribution is 0.00193. The van der Waals surface area contributed by atoms with E-state index in [1.54, 1.807) is 24.1 Å². The van der Waals surface area contributed by atoms with E-state index in [2.05, 4.69) is 17.2 Å². The molecule has 1 aromatic rings. The highest BCUT2D eigenvalue weighted by Crippen LogP contribution is 2.21. The highest BCUT2D eigenvalue weighted by atomic mass is 35.5. The first-order valence-corrected chi connectivity index (χ1v) is 7.78. The molecule has 1 aliphatic heterocycles. The van der Waals surface area contributed by atoms with Crippen LogP contribution < -0.4 is 5.32 Å². The molecule has 1 atom stereocenters. The van der Waals surface area contributed by atoms with Crippen molar-refractivity contribution in [1.82, 2.24) is 9.88 Å². The van der Waals surface area contributed by atoms with Crippen molar-refractivity contribution in [1.29, 1.82) is 0 Å². The third-order valence-electron chi connectivity index (χ3n) is 3.53. The first-order valence-electron chi connectivity index (χ1n) is 7.41. The summed E-state index contributed by atoms with van der Waals surface area (Å²) in [5.41, 5.74) is 0.305. The summed E-state index contributed by atoms with van der Waals surface area (Å²) in [7, 11) is 1.76. The lowest BCUT2D eigenvalue weighted by atomic mass is 10.1. The minimum Gasteiger partial charge on any atom is -0.376 e. The van der Waals surface area contributed by atoms with Crippen LogP contribution in [0.1, 0.15) is 36.7 Å². The molecule has 1 saturated heterocycles. The van der Waals surface area contributed by atoms with Gasteiger partial charge < -0.3 is 15.0 Å². The summed E-state index contributed by atoms with van der Waals surface area (Å²) in [5.74, 6) is 0.514. The van der Waals surface area contributed by atoms with E-state index in [-0.39, 0.29) is 12.0 Å². The Labute approximate surface area is 130 Å². The van der Waals surface area contributed by atoms with Crippen LogP contribution in [0, 0.1) is 0 Å². The van der Waals surface area contributed by atoms with Gasteiger partial charge in [-0.25, -0.2) is 4.98 Å². The van der Waals surface area contributed by atoms with Gasteiger partial charge in [0.1, 0.15) is 11.5 Å². The fourth-order valence-corrected chi connectivity index (χ4v) is 2.61. The molecule has 0 aromatic carbocycles. The smallest absolute Gasteiger partial charge is 0.274 e. The van der Waals surface area contributed by atoms with Gasteiger partial charge in [0.25, 0.3) is 5.91 Å². The van der Waals surface area contributed by atoms with Crippen LogP contribution in [0.25, 0.3) is 0 Å². The molecule has 116 valence electrons. The van der Waals surface area contributed by atoms with Crippen molar-refractivity contribution < 1.29 is 9.53 Å². The van der Waals surface area contributed by atoms with Gasteiger partial charge in [0.05, 0.1) is 11.1 Å². The van der Waals surface area contributed by atoms with Crippen LogP contribution >= 0.6 is 11.6 Å². The van der Waals surface area contributed by atoms with Gasteiger partial charge in [-0.3, -0.25) is 4.79 Å². The molecule has 21 heavy (non-hydrogen) atoms. The number of nitrogens with zero attached hydrogens (tertiary/aromatic N) is 2. The topological polar surface area (TPSA) is 54.5 Å². The van der Waals surface area contributed by atoms with Crippen molar-refractivity contribution in [3.8, 4) is 0 Å². The Morgan fingerprint density at radius 1 is 1.57 bits per heavy atom. The lowest BCUT2D eigenvalue weighted by Crippen LogP contribution is -2.43. The number of piperidine rings is 1. The predicted octanol–water partition coefficient (Wildman–Crippen LogP) is 2.81. The first kappa shape index (κ1) is 16.0. The molecule has 0 saturated carbocycles. The SMILES string of the molecule is CCCOC1CCCN(C(=O)c2nc(NC)ccc2Cl)C1. The quantitative estimate of drug-likeness (QED) is 0.908. The normalized spacial score (nSPS) is 18.6. The summed E-state index contributed by atoms with van der Waals surface area (Å²) in [6.45, 7) is 4.16. The number of carbonyl (C=O) groups is 1. The van der Waals surface area contributed by atoms with Crippen molar-refractivity contribution in [3.05, 3.63) is 22.8 Å². The van der Waals surface area contributed by atoms with Crippen molar-refractivity contribution in [2.45, 2.75) is 32.3 Å². The molecule has 1 aromatic heterocycles. The van der Waals surface area contributed by atoms with Crippen LogP contribution in [0.4, 0.5) is 5.82 Å². The van der Waals surface area contributed by atoms with Crippen LogP contribution in [0.5, 0.6) is 0 Å². The van der Waals surface area contributed by atoms with Gasteiger partial charge in [-0.2, -0.15) is 0 Å². The zero-order valence-corrected chi connectivity index (χ0v) is 13.3. The van der Waals surface area contributed by atoms with E-state index in [0.29, 0.717) is 23.1 Å². The van der Waals surface area contributed by atoms with Gasteiger partial charge in [-0.05, 0) is 31.4 Å². The van der Waals surface area contributed by atoms with Crippen LogP contribution in [0.3, 0.4) is 0 Å². The Bertz CT molecular complexity index is 496. The zero-order valence-electron chi connectivity index (χ0n) is 12.6. The number of amides is 1. The summed E-state index contributed by atoms with van der Waals surface area (Å²) in [4.78, 5) is 18.7. The van der Waals surface area contributed by atoms with Gasteiger partial charge >= 0.3 is 0 Å². The maximum atomic E-state index is 12.6. The average Bonchev–Trinajstić information content (AvgIpc) is 2.53. The highest BCUT2D eigenvalue weighted by molar-refractivity contribution is 6.33. The molecule has 0 radical (unpaired) electrons. The number of rotatable bonds is 5. The molecule has 1 aliphatic rings. The number of hydrogen-bond acceptors (Lipinski definition) is 4. The molecular formula is C15H22ClN3O2. The van der Waals surface area contributed by atoms with Crippen molar-refractivity contribution >= 4 is 23.3 Å². The Morgan fingerprint density at radius 2 is 2.38 bits per heavy atom. The number of pyridine rings is 1. The predicted molar refractivity (Wildman–Crippen MR) is 84.0 cm³/mol. The Kier molecular flexibility index (Phi) is 5.82. The minimum atomic E-state index is -0.123. The second-order valence-electron chi connectivity index (χ2n) is 5.16. The average molecular weight is 312 g/mol. The van der Waals surface area contributed by atoms with Crippen LogP contribution in [-0.2, 0) is 4.74 Å². The molecule has 1 N–H and O–H groups in total. The number of hydrogen-bond donors (Lipinski definition) is 1. The van der Waals surface area contributed by atoms with Gasteiger partial charge in [-0.1, -0.05) is 18.5 Å². The molecule has 6 heteroatoms. The molecule has 0 spiro atoms. The summed E-state index contributed by atoms with van der Waals surface area (Å²) in [6, 6.07) is 3.45. The van der Waals surface area contributed by atoms with Crippen LogP contribution in [0.15, 0.2) is 12.1 Å². The van der Waals surface area contributed by atoms with E-state index in [1.807, 2.05) is 0 Å². The maximum absolute atomic E-state index is 12.6. The Hall–Kier alpha value is -1.33. The standard InChI is InChI=1S/C15H22ClN3O2/c1-3-9-21-11-5-4-8-19(10-11)15(20)14-12(16)6-7-13(17-2)18-14/h6-7,11H,3-5,8-10H2,1-2H3,(H,17,18). The molecule has 1 amide bonds. The monoisotopic (exact) mass is 311 g/mol. The highest BCUT2D eigenvalue weighted by Gasteiger charge is 2.27. The van der Waals surface area contributed by atoms with Gasteiger partial charge in [-0.15, -0.1) is 0 Å². The fourth-order valence-electron chi connectivity index (χ4n) is 2.42. The molecule has 0 bridgehead atoms. The summed E-state index contributed by atoms with van der Waals surface area (Å²) < 4.78 is 5.76. The number of carbonyl (C=O) groups excluding carboxylic acids is 1. The number of likely N-dealkylation sites (tertiary alicyclic amines) is 1. The van der Waals surface area contributed by atoms with Crippen LogP contribution in [0.2, 0.25) is 5.02 Å². The molecule has 0 aliphatic carbocycles. The van der Waals surface area contributed by atoms with E-state index in [4.69, 9.17) is 16.3 Å². The summed E-state index contributed by atoms with van der Waals surface area (Å²) in [5, 5.41) is 3.31. The molecule has 1 unspecified atom stereocenters. The fraction of sp³-hybridized carbons (Fsp3) is 0.600. The number of ether oxygens (including phenoxy) is 1. The number of nitrogens with one attached hydrogen (secondary N) is 1. The number of anilines is 1. The van der Waals surface area contributed by atoms with Gasteiger partial charge in [0.2, 0.25) is 0 Å². The number of aromatic nitrogens is 1. The molecule has 2 heterocycles. The minimum absolute atomic E-state index is 0.119. The van der Waals surface area contributed by atoms with Crippen molar-refractivity contribution in [2.75, 3.05) is 32.1 Å². The van der Waals surface area contributed by atoms with E-state index in [1.165, 1.54) is 0 Å². The first-order chi connectivity index (χ1) is 10.2. The second-order valence-corrected chi connectivity index (χ2v) is 5.57. The van der Waals surface area contributed by atoms with E-state index in [9.17, 15) is 4.79 Å². The van der Waals surface area contributed by atoms with Gasteiger partial charge in [0.15, 0.2) is 0 Å². The summed E-state index contributed by atoms with van der Waals surface area (Å²) >= 11 is 6.12. The van der Waals surface area contributed by atoms with Gasteiger partial charge in [0, 0.05) is 26.7 Å². The van der Waals surface area contributed by atoms with E-state index < -0.39 is 0 Å². The van der Waals surface area contributed by atoms with Crippen molar-refractivity contribution in [2.24, 2.45) is 0 Å². The Morgan fingerprint density at radius 3 is 3.10 bits per heavy atom. The second kappa shape index (κ2) is 7.61. The Balaban J connectivity index is 2.08. The zero-order chi connectivity index (χ0) is 15.2. The maximum Gasteiger partial charge on any atom is 0.274 e. The summed E-state index contributed by atoms with van der Waals surface area (Å²) in [6.07, 6.45) is 3.06. The molecule has 1 fully saturated rings. The molecule has 5 nitrogen and oxygen atoms in total. The van der Waals surface area contributed by atoms with E-state index in [0.717, 1.165) is 32.4 Å². The largest absolute Gasteiger partial charge is 0.376 e. The lowest BCUT2D eigenvalue weighted by Gasteiger charge is -2.32. The molecule has 2 rings (SSSR count). The number of halogens is 1. The van der Waals surface area contributed by atoms with Crippen molar-refractivity contribution in [3.63, 3.8) is 0 Å². The van der Waals surface area contributed by atoms with Crippen LogP contribution in [-0.4, -0.2) is 48.6 Å². The third-order valence-corrected chi connectivity index (χ3v) is 3.83. The third kappa shape index (κ3) is 4.08. The molecular weight excluding hydrogens is 290 g/mol.